The summed E-state index contributed by atoms with van der Waals surface area (Å²) in [6.07, 6.45) is 1.37. The number of anilines is 2. The summed E-state index contributed by atoms with van der Waals surface area (Å²) in [6.45, 7) is 5.20. The summed E-state index contributed by atoms with van der Waals surface area (Å²) in [5.74, 6) is 0.715. The number of thiazole rings is 1. The second-order valence-corrected chi connectivity index (χ2v) is 7.82. The smallest absolute Gasteiger partial charge is 0.414 e. The second-order valence-electron chi connectivity index (χ2n) is 6.75. The third kappa shape index (κ3) is 3.52. The van der Waals surface area contributed by atoms with Gasteiger partial charge in [0.1, 0.15) is 12.3 Å². The van der Waals surface area contributed by atoms with E-state index in [0.717, 1.165) is 21.3 Å². The molecule has 0 unspecified atom stereocenters. The molecule has 8 heteroatoms. The number of nitrogens with two attached hydrogens (primary N) is 1. The Morgan fingerprint density at radius 3 is 3.04 bits per heavy atom. The van der Waals surface area contributed by atoms with Crippen LogP contribution >= 0.6 is 11.3 Å². The van der Waals surface area contributed by atoms with Gasteiger partial charge in [-0.3, -0.25) is 4.90 Å². The molecule has 2 N–H and O–H groups in total. The topological polar surface area (TPSA) is 90.6 Å². The molecule has 3 heterocycles. The minimum atomic E-state index is -0.377. The number of fused-ring (bicyclic) bond motifs is 2. The molecule has 0 aliphatic carbocycles. The van der Waals surface area contributed by atoms with Gasteiger partial charge in [-0.2, -0.15) is 0 Å². The summed E-state index contributed by atoms with van der Waals surface area (Å²) >= 11 is 1.44. The lowest BCUT2D eigenvalue weighted by Crippen LogP contribution is -2.39. The highest BCUT2D eigenvalue weighted by molar-refractivity contribution is 7.22. The molecule has 0 bridgehead atoms. The lowest BCUT2D eigenvalue weighted by molar-refractivity contribution is 0.137. The van der Waals surface area contributed by atoms with E-state index in [-0.39, 0.29) is 12.0 Å². The summed E-state index contributed by atoms with van der Waals surface area (Å²) in [4.78, 5) is 22.8. The van der Waals surface area contributed by atoms with Gasteiger partial charge in [0.15, 0.2) is 5.13 Å². The zero-order valence-corrected chi connectivity index (χ0v) is 16.0. The highest BCUT2D eigenvalue weighted by Crippen LogP contribution is 2.35. The maximum Gasteiger partial charge on any atom is 0.414 e. The van der Waals surface area contributed by atoms with E-state index in [1.165, 1.54) is 11.3 Å². The Labute approximate surface area is 160 Å². The minimum absolute atomic E-state index is 0.275. The molecule has 3 aromatic rings. The first-order valence-electron chi connectivity index (χ1n) is 8.75. The van der Waals surface area contributed by atoms with Gasteiger partial charge in [0.2, 0.25) is 5.88 Å². The Morgan fingerprint density at radius 1 is 1.37 bits per heavy atom. The zero-order valence-electron chi connectivity index (χ0n) is 15.1. The van der Waals surface area contributed by atoms with Crippen LogP contribution in [0.25, 0.3) is 21.3 Å². The van der Waals surface area contributed by atoms with Crippen molar-refractivity contribution in [2.45, 2.75) is 13.8 Å². The number of hydrogen-bond acceptors (Lipinski definition) is 7. The van der Waals surface area contributed by atoms with Gasteiger partial charge >= 0.3 is 6.09 Å². The summed E-state index contributed by atoms with van der Waals surface area (Å²) in [7, 11) is 0. The van der Waals surface area contributed by atoms with E-state index in [0.29, 0.717) is 36.5 Å². The fraction of sp³-hybridized carbons (Fsp3) is 0.316. The summed E-state index contributed by atoms with van der Waals surface area (Å²) in [5, 5.41) is 0.540. The van der Waals surface area contributed by atoms with E-state index in [9.17, 15) is 4.79 Å². The largest absolute Gasteiger partial charge is 0.474 e. The van der Waals surface area contributed by atoms with Crippen LogP contribution in [0.5, 0.6) is 5.88 Å². The van der Waals surface area contributed by atoms with Crippen LogP contribution in [-0.4, -0.2) is 35.8 Å². The predicted molar refractivity (Wildman–Crippen MR) is 106 cm³/mol. The Hall–Kier alpha value is -2.87. The third-order valence-corrected chi connectivity index (χ3v) is 5.02. The maximum atomic E-state index is 12.5. The first-order chi connectivity index (χ1) is 13.0. The minimum Gasteiger partial charge on any atom is -0.474 e. The number of benzene rings is 1. The number of carbonyl (C=O) groups is 1. The molecule has 27 heavy (non-hydrogen) atoms. The lowest BCUT2D eigenvalue weighted by atomic mass is 10.1. The molecule has 4 rings (SSSR count). The van der Waals surface area contributed by atoms with Crippen LogP contribution in [0.15, 0.2) is 30.5 Å². The Bertz CT molecular complexity index is 1000. The van der Waals surface area contributed by atoms with Crippen molar-refractivity contribution in [1.82, 2.24) is 9.97 Å². The standard InChI is InChI=1S/C19H20N4O3S/c1-11(2)10-26-19(24)23-5-6-25-17-15(23)7-13(9-21-17)12-3-4-14-16(8-12)27-18(20)22-14/h3-4,7-9,11H,5-6,10H2,1-2H3,(H2,20,22). The number of rotatable bonds is 3. The Kier molecular flexibility index (Phi) is 4.57. The number of hydrogen-bond donors (Lipinski definition) is 1. The van der Waals surface area contributed by atoms with Gasteiger partial charge < -0.3 is 15.2 Å². The van der Waals surface area contributed by atoms with Crippen LogP contribution < -0.4 is 15.4 Å². The van der Waals surface area contributed by atoms with E-state index >= 15 is 0 Å². The molecule has 0 fully saturated rings. The molecule has 1 aliphatic rings. The van der Waals surface area contributed by atoms with Gasteiger partial charge in [0, 0.05) is 11.8 Å². The molecule has 0 saturated heterocycles. The van der Waals surface area contributed by atoms with Crippen LogP contribution in [0.4, 0.5) is 15.6 Å². The molecule has 1 amide bonds. The van der Waals surface area contributed by atoms with Crippen molar-refractivity contribution in [3.63, 3.8) is 0 Å². The van der Waals surface area contributed by atoms with Crippen molar-refractivity contribution in [1.29, 1.82) is 0 Å². The molecule has 1 aromatic carbocycles. The van der Waals surface area contributed by atoms with E-state index in [2.05, 4.69) is 9.97 Å². The van der Waals surface area contributed by atoms with Gasteiger partial charge in [0.05, 0.1) is 23.4 Å². The van der Waals surface area contributed by atoms with E-state index in [1.807, 2.05) is 38.1 Å². The van der Waals surface area contributed by atoms with Crippen LogP contribution in [0.2, 0.25) is 0 Å². The summed E-state index contributed by atoms with van der Waals surface area (Å²) < 4.78 is 12.0. The molecule has 2 aromatic heterocycles. The number of amides is 1. The first kappa shape index (κ1) is 17.5. The summed E-state index contributed by atoms with van der Waals surface area (Å²) in [5.41, 5.74) is 9.14. The molecule has 0 saturated carbocycles. The van der Waals surface area contributed by atoms with Gasteiger partial charge in [-0.15, -0.1) is 0 Å². The fourth-order valence-electron chi connectivity index (χ4n) is 2.88. The molecule has 0 atom stereocenters. The Balaban J connectivity index is 1.68. The lowest BCUT2D eigenvalue weighted by Gasteiger charge is -2.28. The van der Waals surface area contributed by atoms with Gasteiger partial charge in [-0.25, -0.2) is 14.8 Å². The van der Waals surface area contributed by atoms with Crippen LogP contribution in [0.1, 0.15) is 13.8 Å². The van der Waals surface area contributed by atoms with Crippen molar-refractivity contribution in [2.75, 3.05) is 30.4 Å². The monoisotopic (exact) mass is 384 g/mol. The van der Waals surface area contributed by atoms with E-state index in [1.54, 1.807) is 11.1 Å². The van der Waals surface area contributed by atoms with E-state index < -0.39 is 0 Å². The quantitative estimate of drug-likeness (QED) is 0.736. The number of carbonyl (C=O) groups excluding carboxylic acids is 1. The van der Waals surface area contributed by atoms with Gasteiger partial charge in [0.25, 0.3) is 0 Å². The molecule has 0 radical (unpaired) electrons. The Morgan fingerprint density at radius 2 is 2.22 bits per heavy atom. The third-order valence-electron chi connectivity index (χ3n) is 4.18. The molecular formula is C19H20N4O3S. The molecule has 7 nitrogen and oxygen atoms in total. The van der Waals surface area contributed by atoms with Gasteiger partial charge in [-0.1, -0.05) is 31.3 Å². The number of nitrogen functional groups attached to an aromatic ring is 1. The maximum absolute atomic E-state index is 12.5. The van der Waals surface area contributed by atoms with Gasteiger partial charge in [-0.05, 0) is 29.7 Å². The first-order valence-corrected chi connectivity index (χ1v) is 9.56. The van der Waals surface area contributed by atoms with E-state index in [4.69, 9.17) is 15.2 Å². The number of nitrogens with zero attached hydrogens (tertiary/aromatic N) is 3. The highest BCUT2D eigenvalue weighted by Gasteiger charge is 2.26. The normalized spacial score (nSPS) is 13.5. The molecule has 140 valence electrons. The second kappa shape index (κ2) is 7.03. The zero-order chi connectivity index (χ0) is 19.0. The SMILES string of the molecule is CC(C)COC(=O)N1CCOc2ncc(-c3ccc4nc(N)sc4c3)cc21. The average Bonchev–Trinajstić information content (AvgIpc) is 3.04. The van der Waals surface area contributed by atoms with Crippen molar-refractivity contribution < 1.29 is 14.3 Å². The molecule has 1 aliphatic heterocycles. The van der Waals surface area contributed by atoms with Crippen LogP contribution in [0.3, 0.4) is 0 Å². The number of aromatic nitrogens is 2. The van der Waals surface area contributed by atoms with Crippen molar-refractivity contribution in [3.05, 3.63) is 30.5 Å². The molecular weight excluding hydrogens is 364 g/mol. The molecule has 0 spiro atoms. The highest BCUT2D eigenvalue weighted by atomic mass is 32.1. The predicted octanol–water partition coefficient (Wildman–Crippen LogP) is 3.93. The number of pyridine rings is 1. The van der Waals surface area contributed by atoms with Crippen LogP contribution in [-0.2, 0) is 4.74 Å². The van der Waals surface area contributed by atoms with Crippen molar-refractivity contribution in [2.24, 2.45) is 5.92 Å². The van der Waals surface area contributed by atoms with Crippen molar-refractivity contribution in [3.8, 4) is 17.0 Å². The number of ether oxygens (including phenoxy) is 2. The fourth-order valence-corrected chi connectivity index (χ4v) is 3.66. The van der Waals surface area contributed by atoms with Crippen LogP contribution in [0, 0.1) is 5.92 Å². The summed E-state index contributed by atoms with van der Waals surface area (Å²) in [6, 6.07) is 7.83. The average molecular weight is 384 g/mol. The van der Waals surface area contributed by atoms with Crippen molar-refractivity contribution >= 4 is 38.5 Å².